The van der Waals surface area contributed by atoms with Gasteiger partial charge in [0, 0.05) is 17.1 Å². The highest BCUT2D eigenvalue weighted by Crippen LogP contribution is 2.32. The van der Waals surface area contributed by atoms with E-state index in [9.17, 15) is 9.18 Å². The van der Waals surface area contributed by atoms with Crippen LogP contribution in [0.2, 0.25) is 5.02 Å². The molecule has 2 N–H and O–H groups in total. The van der Waals surface area contributed by atoms with Crippen LogP contribution in [-0.2, 0) is 11.4 Å². The third kappa shape index (κ3) is 5.96. The molecule has 5 rings (SSSR count). The second kappa shape index (κ2) is 11.1. The molecule has 0 saturated carbocycles. The smallest absolute Gasteiger partial charge is 0.328 e. The van der Waals surface area contributed by atoms with E-state index in [2.05, 4.69) is 15.3 Å². The maximum absolute atomic E-state index is 13.4. The van der Waals surface area contributed by atoms with Gasteiger partial charge in [0.2, 0.25) is 0 Å². The zero-order valence-corrected chi connectivity index (χ0v) is 20.7. The topological polar surface area (TPSA) is 84.3 Å². The fourth-order valence-electron chi connectivity index (χ4n) is 3.95. The van der Waals surface area contributed by atoms with Gasteiger partial charge in [0.15, 0.2) is 0 Å². The number of carbonyl (C=O) groups is 1. The van der Waals surface area contributed by atoms with Crippen molar-refractivity contribution in [2.75, 3.05) is 5.32 Å². The summed E-state index contributed by atoms with van der Waals surface area (Å²) in [6.45, 7) is 0.191. The first-order valence-corrected chi connectivity index (χ1v) is 12.0. The lowest BCUT2D eigenvalue weighted by Crippen LogP contribution is -1.99. The van der Waals surface area contributed by atoms with Crippen LogP contribution in [0.3, 0.4) is 0 Å². The van der Waals surface area contributed by atoms with Gasteiger partial charge < -0.3 is 15.2 Å². The normalized spacial score (nSPS) is 11.1. The maximum atomic E-state index is 13.4. The van der Waals surface area contributed by atoms with Crippen molar-refractivity contribution >= 4 is 46.1 Å². The number of fused-ring (bicyclic) bond motifs is 1. The Hall–Kier alpha value is -4.75. The minimum absolute atomic E-state index is 0.191. The highest BCUT2D eigenvalue weighted by Gasteiger charge is 2.10. The fourth-order valence-corrected chi connectivity index (χ4v) is 4.18. The number of anilines is 2. The van der Waals surface area contributed by atoms with Crippen LogP contribution in [0.5, 0.6) is 5.75 Å². The zero-order valence-electron chi connectivity index (χ0n) is 19.9. The summed E-state index contributed by atoms with van der Waals surface area (Å²) >= 11 is 6.46. The van der Waals surface area contributed by atoms with E-state index in [0.717, 1.165) is 33.7 Å². The highest BCUT2D eigenvalue weighted by atomic mass is 35.5. The number of carboxylic acid groups (broad SMARTS) is 1. The van der Waals surface area contributed by atoms with Gasteiger partial charge in [-0.25, -0.2) is 19.2 Å². The van der Waals surface area contributed by atoms with E-state index in [1.54, 1.807) is 30.3 Å². The minimum atomic E-state index is -1.000. The minimum Gasteiger partial charge on any atom is -0.487 e. The number of hydrogen-bond acceptors (Lipinski definition) is 5. The van der Waals surface area contributed by atoms with E-state index in [4.69, 9.17) is 21.4 Å². The van der Waals surface area contributed by atoms with Crippen molar-refractivity contribution in [1.29, 1.82) is 0 Å². The molecule has 38 heavy (non-hydrogen) atoms. The Kier molecular flexibility index (Phi) is 7.28. The van der Waals surface area contributed by atoms with Crippen molar-refractivity contribution < 1.29 is 19.0 Å². The molecule has 4 aromatic carbocycles. The van der Waals surface area contributed by atoms with Gasteiger partial charge in [0.05, 0.1) is 10.5 Å². The van der Waals surface area contributed by atoms with Crippen LogP contribution in [0.1, 0.15) is 11.1 Å². The molecule has 1 heterocycles. The van der Waals surface area contributed by atoms with Gasteiger partial charge in [-0.3, -0.25) is 0 Å². The summed E-state index contributed by atoms with van der Waals surface area (Å²) in [5, 5.41) is 13.4. The van der Waals surface area contributed by atoms with Gasteiger partial charge in [-0.15, -0.1) is 0 Å². The number of carboxylic acids is 1. The van der Waals surface area contributed by atoms with Crippen LogP contribution >= 0.6 is 11.6 Å². The molecule has 0 unspecified atom stereocenters. The molecule has 0 saturated heterocycles. The molecule has 5 aromatic rings. The Morgan fingerprint density at radius 1 is 0.974 bits per heavy atom. The lowest BCUT2D eigenvalue weighted by atomic mass is 10.0. The molecular weight excluding hydrogens is 505 g/mol. The fraction of sp³-hybridized carbons (Fsp3) is 0.0333. The molecule has 188 valence electrons. The van der Waals surface area contributed by atoms with Crippen molar-refractivity contribution in [2.24, 2.45) is 0 Å². The molecule has 1 aromatic heterocycles. The molecule has 8 heteroatoms. The standard InChI is InChI=1S/C30H21ClFN3O3/c31-26-16-24(9-11-28(26)38-17-20-4-2-6-23(32)14-20)35-30-25-15-22(8-10-27(25)33-18-34-30)21-5-1-3-19(13-21)7-12-29(36)37/h1-16,18H,17H2,(H,36,37)(H,33,34,35). The molecule has 0 spiro atoms. The summed E-state index contributed by atoms with van der Waals surface area (Å²) in [7, 11) is 0. The van der Waals surface area contributed by atoms with E-state index in [-0.39, 0.29) is 12.4 Å². The van der Waals surface area contributed by atoms with Gasteiger partial charge >= 0.3 is 5.97 Å². The highest BCUT2D eigenvalue weighted by molar-refractivity contribution is 6.32. The monoisotopic (exact) mass is 525 g/mol. The van der Waals surface area contributed by atoms with E-state index < -0.39 is 5.97 Å². The van der Waals surface area contributed by atoms with Gasteiger partial charge in [0.1, 0.15) is 30.3 Å². The van der Waals surface area contributed by atoms with Gasteiger partial charge in [-0.2, -0.15) is 0 Å². The molecule has 0 atom stereocenters. The van der Waals surface area contributed by atoms with E-state index in [0.29, 0.717) is 27.8 Å². The van der Waals surface area contributed by atoms with Crippen LogP contribution in [0.4, 0.5) is 15.9 Å². The lowest BCUT2D eigenvalue weighted by molar-refractivity contribution is -0.131. The van der Waals surface area contributed by atoms with Crippen LogP contribution in [-0.4, -0.2) is 21.0 Å². The van der Waals surface area contributed by atoms with Crippen LogP contribution in [0.15, 0.2) is 97.3 Å². The predicted octanol–water partition coefficient (Wildman–Crippen LogP) is 7.51. The number of nitrogens with one attached hydrogen (secondary N) is 1. The molecule has 0 bridgehead atoms. The van der Waals surface area contributed by atoms with Crippen LogP contribution < -0.4 is 10.1 Å². The van der Waals surface area contributed by atoms with E-state index >= 15 is 0 Å². The number of rotatable bonds is 8. The molecule has 0 aliphatic rings. The summed E-state index contributed by atoms with van der Waals surface area (Å²) in [6.07, 6.45) is 4.15. The first-order chi connectivity index (χ1) is 18.4. The van der Waals surface area contributed by atoms with Gasteiger partial charge in [-0.1, -0.05) is 48.0 Å². The third-order valence-electron chi connectivity index (χ3n) is 5.75. The molecule has 0 aliphatic heterocycles. The Morgan fingerprint density at radius 2 is 1.82 bits per heavy atom. The van der Waals surface area contributed by atoms with Gasteiger partial charge in [0.25, 0.3) is 0 Å². The average Bonchev–Trinajstić information content (AvgIpc) is 2.92. The average molecular weight is 526 g/mol. The van der Waals surface area contributed by atoms with E-state index in [1.807, 2.05) is 48.5 Å². The van der Waals surface area contributed by atoms with Crippen molar-refractivity contribution in [3.63, 3.8) is 0 Å². The van der Waals surface area contributed by atoms with Crippen LogP contribution in [0, 0.1) is 5.82 Å². The summed E-state index contributed by atoms with van der Waals surface area (Å²) in [4.78, 5) is 19.7. The summed E-state index contributed by atoms with van der Waals surface area (Å²) < 4.78 is 19.2. The molecular formula is C30H21ClFN3O3. The first-order valence-electron chi connectivity index (χ1n) is 11.6. The lowest BCUT2D eigenvalue weighted by Gasteiger charge is -2.12. The summed E-state index contributed by atoms with van der Waals surface area (Å²) in [5.41, 5.74) is 4.81. The number of benzene rings is 4. The zero-order chi connectivity index (χ0) is 26.5. The quantitative estimate of drug-likeness (QED) is 0.204. The largest absolute Gasteiger partial charge is 0.487 e. The number of hydrogen-bond donors (Lipinski definition) is 2. The number of halogens is 2. The molecule has 0 radical (unpaired) electrons. The van der Waals surface area contributed by atoms with E-state index in [1.165, 1.54) is 18.5 Å². The first kappa shape index (κ1) is 24.9. The number of ether oxygens (including phenoxy) is 1. The van der Waals surface area contributed by atoms with Crippen molar-refractivity contribution in [3.8, 4) is 16.9 Å². The Labute approximate surface area is 223 Å². The second-order valence-electron chi connectivity index (χ2n) is 8.44. The Balaban J connectivity index is 1.38. The van der Waals surface area contributed by atoms with Crippen molar-refractivity contribution in [2.45, 2.75) is 6.61 Å². The Morgan fingerprint density at radius 3 is 2.63 bits per heavy atom. The molecule has 6 nitrogen and oxygen atoms in total. The maximum Gasteiger partial charge on any atom is 0.328 e. The number of nitrogens with zero attached hydrogens (tertiary/aromatic N) is 2. The molecule has 0 fully saturated rings. The van der Waals surface area contributed by atoms with Crippen LogP contribution in [0.25, 0.3) is 28.1 Å². The third-order valence-corrected chi connectivity index (χ3v) is 6.05. The SMILES string of the molecule is O=C(O)C=Cc1cccc(-c2ccc3ncnc(Nc4ccc(OCc5cccc(F)c5)c(Cl)c4)c3c2)c1. The Bertz CT molecular complexity index is 1670. The van der Waals surface area contributed by atoms with Gasteiger partial charge in [-0.05, 0) is 76.9 Å². The molecule has 0 amide bonds. The molecule has 0 aliphatic carbocycles. The predicted molar refractivity (Wildman–Crippen MR) is 147 cm³/mol. The van der Waals surface area contributed by atoms with Crippen molar-refractivity contribution in [3.05, 3.63) is 119 Å². The number of aromatic nitrogens is 2. The number of aliphatic carboxylic acids is 1. The summed E-state index contributed by atoms with van der Waals surface area (Å²) in [5.74, 6) is -0.239. The second-order valence-corrected chi connectivity index (χ2v) is 8.85. The van der Waals surface area contributed by atoms with Crippen molar-refractivity contribution in [1.82, 2.24) is 9.97 Å². The summed E-state index contributed by atoms with van der Waals surface area (Å²) in [6, 6.07) is 25.0.